The summed E-state index contributed by atoms with van der Waals surface area (Å²) in [6.45, 7) is 5.91. The second kappa shape index (κ2) is 7.48. The highest BCUT2D eigenvalue weighted by Crippen LogP contribution is 2.39. The van der Waals surface area contributed by atoms with E-state index in [2.05, 4.69) is 6.07 Å². The van der Waals surface area contributed by atoms with Crippen LogP contribution in [0.4, 0.5) is 0 Å². The van der Waals surface area contributed by atoms with E-state index < -0.39 is 0 Å². The largest absolute Gasteiger partial charge is 0.491 e. The van der Waals surface area contributed by atoms with Gasteiger partial charge in [0, 0.05) is 17.9 Å². The summed E-state index contributed by atoms with van der Waals surface area (Å²) in [6, 6.07) is 8.16. The van der Waals surface area contributed by atoms with Gasteiger partial charge in [0.15, 0.2) is 0 Å². The summed E-state index contributed by atoms with van der Waals surface area (Å²) in [4.78, 5) is 11.7. The van der Waals surface area contributed by atoms with Crippen molar-refractivity contribution in [1.29, 1.82) is 0 Å². The Labute approximate surface area is 127 Å². The number of hydrogen-bond acceptors (Lipinski definition) is 3. The van der Waals surface area contributed by atoms with Crippen molar-refractivity contribution < 1.29 is 14.3 Å². The molecular weight excluding hydrogens is 264 g/mol. The van der Waals surface area contributed by atoms with Gasteiger partial charge in [0.1, 0.15) is 11.9 Å². The van der Waals surface area contributed by atoms with Crippen LogP contribution in [0.15, 0.2) is 24.3 Å². The summed E-state index contributed by atoms with van der Waals surface area (Å²) in [5.74, 6) is 1.08. The van der Waals surface area contributed by atoms with Crippen LogP contribution >= 0.6 is 0 Å². The number of esters is 1. The van der Waals surface area contributed by atoms with E-state index in [1.165, 1.54) is 12.0 Å². The lowest BCUT2D eigenvalue weighted by molar-refractivity contribution is -0.151. The predicted octanol–water partition coefficient (Wildman–Crippen LogP) is 4.45. The zero-order valence-electron chi connectivity index (χ0n) is 13.3. The van der Waals surface area contributed by atoms with Crippen molar-refractivity contribution in [3.05, 3.63) is 29.8 Å². The second-order valence-corrected chi connectivity index (χ2v) is 5.98. The number of carbonyl (C=O) groups excluding carboxylic acids is 1. The molecule has 1 fully saturated rings. The molecule has 0 aliphatic heterocycles. The van der Waals surface area contributed by atoms with Crippen molar-refractivity contribution >= 4 is 5.97 Å². The molecule has 1 saturated carbocycles. The Morgan fingerprint density at radius 3 is 2.67 bits per heavy atom. The molecule has 21 heavy (non-hydrogen) atoms. The Balaban J connectivity index is 2.22. The standard InChI is InChI=1S/C18H26O3/c1-4-18(19)21-17-12-8-6-10-15(17)14-9-5-7-11-16(14)20-13(2)3/h5,7,9,11,13,15,17H,4,6,8,10,12H2,1-3H3/t15-,17+/m1/s1. The van der Waals surface area contributed by atoms with Gasteiger partial charge in [-0.25, -0.2) is 0 Å². The van der Waals surface area contributed by atoms with Gasteiger partial charge in [-0.2, -0.15) is 0 Å². The van der Waals surface area contributed by atoms with Crippen LogP contribution in [0.2, 0.25) is 0 Å². The molecule has 116 valence electrons. The Morgan fingerprint density at radius 2 is 1.95 bits per heavy atom. The fraction of sp³-hybridized carbons (Fsp3) is 0.611. The van der Waals surface area contributed by atoms with E-state index in [1.807, 2.05) is 39.0 Å². The van der Waals surface area contributed by atoms with E-state index >= 15 is 0 Å². The summed E-state index contributed by atoms with van der Waals surface area (Å²) >= 11 is 0. The summed E-state index contributed by atoms with van der Waals surface area (Å²) in [6.07, 6.45) is 4.89. The molecule has 0 spiro atoms. The lowest BCUT2D eigenvalue weighted by Gasteiger charge is -2.32. The van der Waals surface area contributed by atoms with Gasteiger partial charge in [0.2, 0.25) is 0 Å². The molecule has 3 nitrogen and oxygen atoms in total. The molecule has 1 aromatic rings. The lowest BCUT2D eigenvalue weighted by atomic mass is 9.81. The monoisotopic (exact) mass is 290 g/mol. The third-order valence-electron chi connectivity index (χ3n) is 3.96. The number of carbonyl (C=O) groups is 1. The number of ether oxygens (including phenoxy) is 2. The summed E-state index contributed by atoms with van der Waals surface area (Å²) in [5, 5.41) is 0. The number of benzene rings is 1. The van der Waals surface area contributed by atoms with Gasteiger partial charge in [-0.1, -0.05) is 31.5 Å². The van der Waals surface area contributed by atoms with Crippen molar-refractivity contribution in [3.63, 3.8) is 0 Å². The molecule has 0 N–H and O–H groups in total. The van der Waals surface area contributed by atoms with Gasteiger partial charge in [-0.3, -0.25) is 4.79 Å². The lowest BCUT2D eigenvalue weighted by Crippen LogP contribution is -2.29. The van der Waals surface area contributed by atoms with Crippen LogP contribution in [0.5, 0.6) is 5.75 Å². The first-order valence-electron chi connectivity index (χ1n) is 8.06. The molecule has 1 aliphatic rings. The Kier molecular flexibility index (Phi) is 5.66. The molecule has 0 unspecified atom stereocenters. The Bertz CT molecular complexity index is 467. The molecule has 1 aliphatic carbocycles. The minimum absolute atomic E-state index is 0.0110. The Hall–Kier alpha value is -1.51. The van der Waals surface area contributed by atoms with Gasteiger partial charge in [0.05, 0.1) is 6.10 Å². The van der Waals surface area contributed by atoms with Crippen LogP contribution in [0.25, 0.3) is 0 Å². The van der Waals surface area contributed by atoms with Gasteiger partial charge in [0.25, 0.3) is 0 Å². The predicted molar refractivity (Wildman–Crippen MR) is 83.6 cm³/mol. The topological polar surface area (TPSA) is 35.5 Å². The van der Waals surface area contributed by atoms with E-state index in [-0.39, 0.29) is 24.1 Å². The normalized spacial score (nSPS) is 22.1. The molecule has 0 heterocycles. The smallest absolute Gasteiger partial charge is 0.305 e. The highest BCUT2D eigenvalue weighted by atomic mass is 16.5. The van der Waals surface area contributed by atoms with E-state index in [9.17, 15) is 4.79 Å². The average Bonchev–Trinajstić information content (AvgIpc) is 2.48. The molecule has 0 radical (unpaired) electrons. The van der Waals surface area contributed by atoms with Gasteiger partial charge in [-0.05, 0) is 39.2 Å². The van der Waals surface area contributed by atoms with E-state index in [0.29, 0.717) is 6.42 Å². The van der Waals surface area contributed by atoms with E-state index in [1.54, 1.807) is 0 Å². The van der Waals surface area contributed by atoms with Crippen molar-refractivity contribution in [2.75, 3.05) is 0 Å². The fourth-order valence-corrected chi connectivity index (χ4v) is 2.99. The van der Waals surface area contributed by atoms with Crippen molar-refractivity contribution in [2.24, 2.45) is 0 Å². The maximum absolute atomic E-state index is 11.7. The van der Waals surface area contributed by atoms with Crippen LogP contribution in [-0.4, -0.2) is 18.2 Å². The van der Waals surface area contributed by atoms with Gasteiger partial charge in [-0.15, -0.1) is 0 Å². The first kappa shape index (κ1) is 15.9. The minimum Gasteiger partial charge on any atom is -0.491 e. The van der Waals surface area contributed by atoms with Crippen LogP contribution in [0, 0.1) is 0 Å². The maximum atomic E-state index is 11.7. The third-order valence-corrected chi connectivity index (χ3v) is 3.96. The highest BCUT2D eigenvalue weighted by Gasteiger charge is 2.31. The first-order valence-corrected chi connectivity index (χ1v) is 8.06. The molecule has 0 aromatic heterocycles. The molecule has 3 heteroatoms. The first-order chi connectivity index (χ1) is 10.1. The summed E-state index contributed by atoms with van der Waals surface area (Å²) < 4.78 is 11.6. The number of hydrogen-bond donors (Lipinski definition) is 0. The molecule has 2 atom stereocenters. The van der Waals surface area contributed by atoms with Crippen molar-refractivity contribution in [2.45, 2.75) is 71.0 Å². The maximum Gasteiger partial charge on any atom is 0.305 e. The van der Waals surface area contributed by atoms with Crippen LogP contribution in [-0.2, 0) is 9.53 Å². The molecule has 0 amide bonds. The van der Waals surface area contributed by atoms with Gasteiger partial charge < -0.3 is 9.47 Å². The van der Waals surface area contributed by atoms with Crippen LogP contribution in [0.3, 0.4) is 0 Å². The molecule has 2 rings (SSSR count). The van der Waals surface area contributed by atoms with Crippen LogP contribution < -0.4 is 4.74 Å². The minimum atomic E-state index is -0.103. The average molecular weight is 290 g/mol. The van der Waals surface area contributed by atoms with E-state index in [0.717, 1.165) is 25.0 Å². The highest BCUT2D eigenvalue weighted by molar-refractivity contribution is 5.69. The summed E-state index contributed by atoms with van der Waals surface area (Å²) in [7, 11) is 0. The van der Waals surface area contributed by atoms with Crippen LogP contribution in [0.1, 0.15) is 64.4 Å². The molecule has 0 saturated heterocycles. The Morgan fingerprint density at radius 1 is 1.24 bits per heavy atom. The molecular formula is C18H26O3. The zero-order valence-corrected chi connectivity index (χ0v) is 13.3. The number of rotatable bonds is 5. The molecule has 1 aromatic carbocycles. The third kappa shape index (κ3) is 4.23. The van der Waals surface area contributed by atoms with E-state index in [4.69, 9.17) is 9.47 Å². The van der Waals surface area contributed by atoms with Gasteiger partial charge >= 0.3 is 5.97 Å². The number of para-hydroxylation sites is 1. The van der Waals surface area contributed by atoms with Crippen molar-refractivity contribution in [1.82, 2.24) is 0 Å². The van der Waals surface area contributed by atoms with Crippen molar-refractivity contribution in [3.8, 4) is 5.75 Å². The zero-order chi connectivity index (χ0) is 15.2. The fourth-order valence-electron chi connectivity index (χ4n) is 2.99. The SMILES string of the molecule is CCC(=O)O[C@H]1CCCC[C@@H]1c1ccccc1OC(C)C. The second-order valence-electron chi connectivity index (χ2n) is 5.98. The quantitative estimate of drug-likeness (QED) is 0.751. The molecule has 0 bridgehead atoms. The summed E-state index contributed by atoms with van der Waals surface area (Å²) in [5.41, 5.74) is 1.18.